The van der Waals surface area contributed by atoms with E-state index in [2.05, 4.69) is 10.6 Å². The Hall–Kier alpha value is -3.30. The number of nitrogens with one attached hydrogen (secondary N) is 2. The summed E-state index contributed by atoms with van der Waals surface area (Å²) in [5.41, 5.74) is 0.269. The van der Waals surface area contributed by atoms with Crippen LogP contribution in [0, 0.1) is 12.8 Å². The highest BCUT2D eigenvalue weighted by molar-refractivity contribution is 5.92. The first-order valence-electron chi connectivity index (χ1n) is 12.2. The van der Waals surface area contributed by atoms with Crippen molar-refractivity contribution in [2.24, 2.45) is 5.92 Å². The molecule has 0 radical (unpaired) electrons. The molecule has 10 heteroatoms. The fourth-order valence-electron chi connectivity index (χ4n) is 3.53. The molecule has 2 unspecified atom stereocenters. The molecule has 10 nitrogen and oxygen atoms in total. The Bertz CT molecular complexity index is 925. The summed E-state index contributed by atoms with van der Waals surface area (Å²) in [6.45, 7) is 14.3. The zero-order valence-corrected chi connectivity index (χ0v) is 22.6. The molecule has 3 amide bonds. The van der Waals surface area contributed by atoms with Crippen molar-refractivity contribution >= 4 is 23.9 Å². The van der Waals surface area contributed by atoms with E-state index in [1.54, 1.807) is 67.5 Å². The number of alkyl carbamates (subject to hydrolysis) is 1. The minimum atomic E-state index is -1.06. The van der Waals surface area contributed by atoms with Gasteiger partial charge in [0.15, 0.2) is 0 Å². The van der Waals surface area contributed by atoms with Gasteiger partial charge in [0.2, 0.25) is 11.8 Å². The second-order valence-corrected chi connectivity index (χ2v) is 9.79. The number of nitrogens with zero attached hydrogens (tertiary/aromatic N) is 1. The summed E-state index contributed by atoms with van der Waals surface area (Å²) in [5, 5.41) is 15.3. The standard InChI is InChI=1S/C26H41N3O7/c1-9-29(24(33)21(16(3)4)28-25(34)36-26(6,7)8)22(18-11-12-19(30)17(5)15-18)23(32)27-14-13-20(31)35-10-2/h11-12,15-16,21-22,30H,9-10,13-14H2,1-8H3,(H,27,32)(H,28,34). The number of esters is 1. The molecule has 1 aromatic carbocycles. The molecule has 0 bridgehead atoms. The summed E-state index contributed by atoms with van der Waals surface area (Å²) >= 11 is 0. The predicted molar refractivity (Wildman–Crippen MR) is 135 cm³/mol. The number of phenolic OH excluding ortho intramolecular Hbond substituents is 1. The van der Waals surface area contributed by atoms with Crippen LogP contribution in [-0.4, -0.2) is 65.2 Å². The molecule has 0 fully saturated rings. The Morgan fingerprint density at radius 2 is 1.75 bits per heavy atom. The fourth-order valence-corrected chi connectivity index (χ4v) is 3.53. The van der Waals surface area contributed by atoms with Crippen molar-refractivity contribution in [3.05, 3.63) is 29.3 Å². The van der Waals surface area contributed by atoms with Crippen LogP contribution in [0.1, 0.15) is 72.1 Å². The molecule has 1 aromatic rings. The summed E-state index contributed by atoms with van der Waals surface area (Å²) in [6, 6.07) is 2.64. The summed E-state index contributed by atoms with van der Waals surface area (Å²) in [7, 11) is 0. The molecular weight excluding hydrogens is 466 g/mol. The molecule has 0 aliphatic carbocycles. The molecule has 3 N–H and O–H groups in total. The highest BCUT2D eigenvalue weighted by Gasteiger charge is 2.36. The van der Waals surface area contributed by atoms with E-state index in [1.165, 1.54) is 11.0 Å². The number of amides is 3. The van der Waals surface area contributed by atoms with Crippen LogP contribution in [0.5, 0.6) is 5.75 Å². The number of aromatic hydroxyl groups is 1. The van der Waals surface area contributed by atoms with E-state index in [0.717, 1.165) is 0 Å². The van der Waals surface area contributed by atoms with E-state index < -0.39 is 41.6 Å². The van der Waals surface area contributed by atoms with Gasteiger partial charge in [-0.3, -0.25) is 14.4 Å². The van der Waals surface area contributed by atoms with Crippen LogP contribution < -0.4 is 10.6 Å². The second-order valence-electron chi connectivity index (χ2n) is 9.79. The van der Waals surface area contributed by atoms with E-state index in [1.807, 2.05) is 0 Å². The Kier molecular flexibility index (Phi) is 11.7. The average molecular weight is 508 g/mol. The van der Waals surface area contributed by atoms with Crippen molar-refractivity contribution in [1.29, 1.82) is 0 Å². The van der Waals surface area contributed by atoms with E-state index in [4.69, 9.17) is 9.47 Å². The van der Waals surface area contributed by atoms with Crippen LogP contribution in [0.3, 0.4) is 0 Å². The first-order chi connectivity index (χ1) is 16.7. The van der Waals surface area contributed by atoms with Gasteiger partial charge in [-0.25, -0.2) is 4.79 Å². The maximum atomic E-state index is 13.7. The first kappa shape index (κ1) is 30.7. The number of hydrogen-bond donors (Lipinski definition) is 3. The van der Waals surface area contributed by atoms with E-state index in [0.29, 0.717) is 11.1 Å². The highest BCUT2D eigenvalue weighted by Crippen LogP contribution is 2.27. The third kappa shape index (κ3) is 9.39. The van der Waals surface area contributed by atoms with Crippen molar-refractivity contribution in [2.75, 3.05) is 19.7 Å². The lowest BCUT2D eigenvalue weighted by Crippen LogP contribution is -2.54. The van der Waals surface area contributed by atoms with E-state index in [-0.39, 0.29) is 37.8 Å². The molecule has 202 valence electrons. The average Bonchev–Trinajstić information content (AvgIpc) is 2.76. The molecule has 0 aliphatic rings. The number of ether oxygens (including phenoxy) is 2. The monoisotopic (exact) mass is 507 g/mol. The van der Waals surface area contributed by atoms with Crippen molar-refractivity contribution in [3.8, 4) is 5.75 Å². The quantitative estimate of drug-likeness (QED) is 0.392. The maximum absolute atomic E-state index is 13.7. The molecule has 0 aliphatic heterocycles. The van der Waals surface area contributed by atoms with Gasteiger partial charge in [0.25, 0.3) is 0 Å². The molecule has 36 heavy (non-hydrogen) atoms. The zero-order chi connectivity index (χ0) is 27.6. The van der Waals surface area contributed by atoms with Crippen LogP contribution in [0.25, 0.3) is 0 Å². The Labute approximate surface area is 213 Å². The number of rotatable bonds is 11. The molecule has 0 spiro atoms. The summed E-state index contributed by atoms with van der Waals surface area (Å²) in [5.74, 6) is -1.65. The normalized spacial score (nSPS) is 12.9. The van der Waals surface area contributed by atoms with Gasteiger partial charge in [-0.2, -0.15) is 0 Å². The van der Waals surface area contributed by atoms with Crippen molar-refractivity contribution in [1.82, 2.24) is 15.5 Å². The maximum Gasteiger partial charge on any atom is 0.408 e. The number of phenols is 1. The predicted octanol–water partition coefficient (Wildman–Crippen LogP) is 3.21. The lowest BCUT2D eigenvalue weighted by atomic mass is 9.97. The van der Waals surface area contributed by atoms with Crippen LogP contribution in [0.2, 0.25) is 0 Å². The third-order valence-corrected chi connectivity index (χ3v) is 5.26. The number of likely N-dealkylation sites (N-methyl/N-ethyl adjacent to an activating group) is 1. The lowest BCUT2D eigenvalue weighted by molar-refractivity contribution is -0.144. The highest BCUT2D eigenvalue weighted by atomic mass is 16.6. The summed E-state index contributed by atoms with van der Waals surface area (Å²) in [6.07, 6.45) is -0.753. The van der Waals surface area contributed by atoms with Gasteiger partial charge in [-0.15, -0.1) is 0 Å². The number of aryl methyl sites for hydroxylation is 1. The minimum absolute atomic E-state index is 0.0181. The minimum Gasteiger partial charge on any atom is -0.508 e. The molecular formula is C26H41N3O7. The van der Waals surface area contributed by atoms with E-state index >= 15 is 0 Å². The topological polar surface area (TPSA) is 134 Å². The molecule has 1 rings (SSSR count). The van der Waals surface area contributed by atoms with Gasteiger partial charge in [-0.05, 0) is 70.7 Å². The fraction of sp³-hybridized carbons (Fsp3) is 0.615. The summed E-state index contributed by atoms with van der Waals surface area (Å²) < 4.78 is 10.2. The molecule has 0 saturated heterocycles. The molecule has 0 heterocycles. The van der Waals surface area contributed by atoms with Crippen LogP contribution in [-0.2, 0) is 23.9 Å². The Morgan fingerprint density at radius 3 is 2.25 bits per heavy atom. The smallest absolute Gasteiger partial charge is 0.408 e. The zero-order valence-electron chi connectivity index (χ0n) is 22.6. The first-order valence-corrected chi connectivity index (χ1v) is 12.2. The van der Waals surface area contributed by atoms with E-state index in [9.17, 15) is 24.3 Å². The van der Waals surface area contributed by atoms with Crippen LogP contribution >= 0.6 is 0 Å². The Morgan fingerprint density at radius 1 is 1.11 bits per heavy atom. The molecule has 0 saturated carbocycles. The number of carbonyl (C=O) groups excluding carboxylic acids is 4. The van der Waals surface area contributed by atoms with Gasteiger partial charge in [0, 0.05) is 13.1 Å². The third-order valence-electron chi connectivity index (χ3n) is 5.26. The van der Waals surface area contributed by atoms with Crippen molar-refractivity contribution in [2.45, 2.75) is 79.5 Å². The van der Waals surface area contributed by atoms with Crippen LogP contribution in [0.15, 0.2) is 18.2 Å². The second kappa shape index (κ2) is 13.7. The Balaban J connectivity index is 3.30. The SMILES string of the molecule is CCOC(=O)CCNC(=O)C(c1ccc(O)c(C)c1)N(CC)C(=O)C(NC(=O)OC(C)(C)C)C(C)C. The van der Waals surface area contributed by atoms with Gasteiger partial charge in [0.1, 0.15) is 23.4 Å². The van der Waals surface area contributed by atoms with Crippen molar-refractivity contribution < 1.29 is 33.8 Å². The van der Waals surface area contributed by atoms with Gasteiger partial charge >= 0.3 is 12.1 Å². The molecule has 2 atom stereocenters. The van der Waals surface area contributed by atoms with Gasteiger partial charge < -0.3 is 30.1 Å². The number of carbonyl (C=O) groups is 4. The number of hydrogen-bond acceptors (Lipinski definition) is 7. The molecule has 0 aromatic heterocycles. The van der Waals surface area contributed by atoms with Gasteiger partial charge in [0.05, 0.1) is 13.0 Å². The van der Waals surface area contributed by atoms with Crippen LogP contribution in [0.4, 0.5) is 4.79 Å². The van der Waals surface area contributed by atoms with Crippen molar-refractivity contribution in [3.63, 3.8) is 0 Å². The number of benzene rings is 1. The van der Waals surface area contributed by atoms with Gasteiger partial charge in [-0.1, -0.05) is 19.9 Å². The lowest BCUT2D eigenvalue weighted by Gasteiger charge is -2.35. The largest absolute Gasteiger partial charge is 0.508 e. The summed E-state index contributed by atoms with van der Waals surface area (Å²) in [4.78, 5) is 52.6.